The molecule has 1 heterocycles. The van der Waals surface area contributed by atoms with E-state index in [9.17, 15) is 4.79 Å². The molecule has 17 heavy (non-hydrogen) atoms. The number of carbonyl (C=O) groups excluding carboxylic acids is 1. The van der Waals surface area contributed by atoms with Gasteiger partial charge >= 0.3 is 0 Å². The molecule has 0 radical (unpaired) electrons. The van der Waals surface area contributed by atoms with Gasteiger partial charge in [0, 0.05) is 18.4 Å². The van der Waals surface area contributed by atoms with Gasteiger partial charge in [0.1, 0.15) is 5.78 Å². The molecule has 1 saturated heterocycles. The zero-order chi connectivity index (χ0) is 11.9. The van der Waals surface area contributed by atoms with Crippen LogP contribution in [0.2, 0.25) is 0 Å². The Kier molecular flexibility index (Phi) is 3.02. The summed E-state index contributed by atoms with van der Waals surface area (Å²) in [6.07, 6.45) is 9.22. The molecule has 3 fully saturated rings. The number of ketones is 1. The topological polar surface area (TPSA) is 26.3 Å². The highest BCUT2D eigenvalue weighted by molar-refractivity contribution is 5.83. The van der Waals surface area contributed by atoms with Gasteiger partial charge in [-0.1, -0.05) is 6.92 Å². The molecule has 0 amide bonds. The van der Waals surface area contributed by atoms with Crippen LogP contribution in [-0.2, 0) is 9.53 Å². The van der Waals surface area contributed by atoms with E-state index in [0.717, 1.165) is 38.2 Å². The molecule has 3 unspecified atom stereocenters. The normalized spacial score (nSPS) is 40.2. The lowest BCUT2D eigenvalue weighted by Crippen LogP contribution is -2.47. The van der Waals surface area contributed by atoms with Crippen LogP contribution in [0.25, 0.3) is 0 Å². The summed E-state index contributed by atoms with van der Waals surface area (Å²) < 4.78 is 5.91. The van der Waals surface area contributed by atoms with Crippen molar-refractivity contribution >= 4 is 5.78 Å². The van der Waals surface area contributed by atoms with Gasteiger partial charge in [0.25, 0.3) is 0 Å². The van der Waals surface area contributed by atoms with E-state index in [1.807, 2.05) is 0 Å². The number of carbonyl (C=O) groups is 1. The Hall–Kier alpha value is -0.370. The van der Waals surface area contributed by atoms with Crippen molar-refractivity contribution in [3.63, 3.8) is 0 Å². The fourth-order valence-electron chi connectivity index (χ4n) is 3.99. The second-order valence-electron chi connectivity index (χ2n) is 6.59. The number of rotatable bonds is 2. The van der Waals surface area contributed by atoms with E-state index in [1.54, 1.807) is 0 Å². The second-order valence-corrected chi connectivity index (χ2v) is 6.59. The predicted octanol–water partition coefficient (Wildman–Crippen LogP) is 3.34. The highest BCUT2D eigenvalue weighted by Gasteiger charge is 2.45. The molecule has 1 aliphatic heterocycles. The minimum atomic E-state index is 0.128. The number of ether oxygens (including phenoxy) is 1. The van der Waals surface area contributed by atoms with Crippen molar-refractivity contribution in [1.29, 1.82) is 0 Å². The lowest BCUT2D eigenvalue weighted by molar-refractivity contribution is -0.157. The lowest BCUT2D eigenvalue weighted by Gasteiger charge is -2.47. The molecule has 3 aliphatic rings. The first-order valence-electron chi connectivity index (χ1n) is 7.36. The van der Waals surface area contributed by atoms with Crippen molar-refractivity contribution in [3.8, 4) is 0 Å². The van der Waals surface area contributed by atoms with Crippen LogP contribution in [0.4, 0.5) is 0 Å². The van der Waals surface area contributed by atoms with E-state index in [2.05, 4.69) is 6.92 Å². The third-order valence-electron chi connectivity index (χ3n) is 5.26. The molecular weight excluding hydrogens is 212 g/mol. The summed E-state index contributed by atoms with van der Waals surface area (Å²) in [5.41, 5.74) is 0.128. The molecule has 2 nitrogen and oxygen atoms in total. The van der Waals surface area contributed by atoms with Crippen LogP contribution in [0, 0.1) is 17.8 Å². The van der Waals surface area contributed by atoms with Crippen molar-refractivity contribution < 1.29 is 9.53 Å². The standard InChI is InChI=1S/C15H24O2/c1-11-3-4-12(9-11)14(16)13-5-8-17-15(10-13)6-2-7-15/h11-13H,2-10H2,1H3. The maximum Gasteiger partial charge on any atom is 0.139 e. The minimum Gasteiger partial charge on any atom is -0.375 e. The van der Waals surface area contributed by atoms with E-state index in [1.165, 1.54) is 25.7 Å². The van der Waals surface area contributed by atoms with Crippen LogP contribution in [0.3, 0.4) is 0 Å². The predicted molar refractivity (Wildman–Crippen MR) is 66.8 cm³/mol. The van der Waals surface area contributed by atoms with Crippen LogP contribution < -0.4 is 0 Å². The van der Waals surface area contributed by atoms with Crippen molar-refractivity contribution in [1.82, 2.24) is 0 Å². The molecule has 0 aromatic carbocycles. The third kappa shape index (κ3) is 2.16. The largest absolute Gasteiger partial charge is 0.375 e. The number of Topliss-reactive ketones (excluding diaryl/α,β-unsaturated/α-hetero) is 1. The summed E-state index contributed by atoms with van der Waals surface area (Å²) in [5, 5.41) is 0. The Labute approximate surface area is 104 Å². The average Bonchev–Trinajstić information content (AvgIpc) is 2.73. The highest BCUT2D eigenvalue weighted by Crippen LogP contribution is 2.46. The summed E-state index contributed by atoms with van der Waals surface area (Å²) in [7, 11) is 0. The highest BCUT2D eigenvalue weighted by atomic mass is 16.5. The van der Waals surface area contributed by atoms with Crippen LogP contribution in [0.1, 0.15) is 58.3 Å². The monoisotopic (exact) mass is 236 g/mol. The summed E-state index contributed by atoms with van der Waals surface area (Å²) in [4.78, 5) is 12.5. The van der Waals surface area contributed by atoms with E-state index in [-0.39, 0.29) is 5.60 Å². The van der Waals surface area contributed by atoms with Gasteiger partial charge in [-0.2, -0.15) is 0 Å². The smallest absolute Gasteiger partial charge is 0.139 e. The zero-order valence-electron chi connectivity index (χ0n) is 10.9. The van der Waals surface area contributed by atoms with Crippen molar-refractivity contribution in [2.45, 2.75) is 63.9 Å². The average molecular weight is 236 g/mol. The molecule has 0 bridgehead atoms. The Balaban J connectivity index is 1.61. The summed E-state index contributed by atoms with van der Waals surface area (Å²) in [5.74, 6) is 2.04. The maximum absolute atomic E-state index is 12.5. The van der Waals surface area contributed by atoms with Gasteiger partial charge in [-0.25, -0.2) is 0 Å². The van der Waals surface area contributed by atoms with Crippen molar-refractivity contribution in [2.24, 2.45) is 17.8 Å². The Morgan fingerprint density at radius 2 is 2.00 bits per heavy atom. The van der Waals surface area contributed by atoms with E-state index >= 15 is 0 Å². The molecule has 0 N–H and O–H groups in total. The minimum absolute atomic E-state index is 0.128. The quantitative estimate of drug-likeness (QED) is 0.735. The molecule has 3 rings (SSSR count). The SMILES string of the molecule is CC1CCC(C(=O)C2CCOC3(CCC3)C2)C1. The van der Waals surface area contributed by atoms with E-state index < -0.39 is 0 Å². The molecule has 0 aromatic rings. The number of hydrogen-bond donors (Lipinski definition) is 0. The second kappa shape index (κ2) is 4.38. The first-order valence-corrected chi connectivity index (χ1v) is 7.36. The lowest BCUT2D eigenvalue weighted by atomic mass is 9.70. The third-order valence-corrected chi connectivity index (χ3v) is 5.26. The molecule has 2 saturated carbocycles. The fourth-order valence-corrected chi connectivity index (χ4v) is 3.99. The number of hydrogen-bond acceptors (Lipinski definition) is 2. The van der Waals surface area contributed by atoms with Gasteiger partial charge in [-0.3, -0.25) is 4.79 Å². The summed E-state index contributed by atoms with van der Waals surface area (Å²) in [6, 6.07) is 0. The van der Waals surface area contributed by atoms with Gasteiger partial charge in [-0.15, -0.1) is 0 Å². The summed E-state index contributed by atoms with van der Waals surface area (Å²) in [6.45, 7) is 3.10. The first-order chi connectivity index (χ1) is 8.19. The Morgan fingerprint density at radius 3 is 2.59 bits per heavy atom. The zero-order valence-corrected chi connectivity index (χ0v) is 10.9. The van der Waals surface area contributed by atoms with Crippen LogP contribution in [0.15, 0.2) is 0 Å². The molecule has 2 heteroatoms. The van der Waals surface area contributed by atoms with Crippen molar-refractivity contribution in [3.05, 3.63) is 0 Å². The van der Waals surface area contributed by atoms with Gasteiger partial charge in [0.15, 0.2) is 0 Å². The van der Waals surface area contributed by atoms with Crippen LogP contribution >= 0.6 is 0 Å². The first kappa shape index (κ1) is 11.7. The van der Waals surface area contributed by atoms with Gasteiger partial charge in [0.2, 0.25) is 0 Å². The van der Waals surface area contributed by atoms with Crippen molar-refractivity contribution in [2.75, 3.05) is 6.61 Å². The van der Waals surface area contributed by atoms with Gasteiger partial charge in [0.05, 0.1) is 5.60 Å². The molecular formula is C15H24O2. The molecule has 2 aliphatic carbocycles. The van der Waals surface area contributed by atoms with Crippen LogP contribution in [-0.4, -0.2) is 18.0 Å². The summed E-state index contributed by atoms with van der Waals surface area (Å²) >= 11 is 0. The van der Waals surface area contributed by atoms with Gasteiger partial charge < -0.3 is 4.74 Å². The Bertz CT molecular complexity index is 306. The molecule has 0 aromatic heterocycles. The molecule has 96 valence electrons. The Morgan fingerprint density at radius 1 is 1.18 bits per heavy atom. The van der Waals surface area contributed by atoms with Crippen LogP contribution in [0.5, 0.6) is 0 Å². The fraction of sp³-hybridized carbons (Fsp3) is 0.933. The molecule has 3 atom stereocenters. The van der Waals surface area contributed by atoms with Gasteiger partial charge in [-0.05, 0) is 57.3 Å². The maximum atomic E-state index is 12.5. The molecule has 1 spiro atoms. The van der Waals surface area contributed by atoms with E-state index in [0.29, 0.717) is 17.6 Å². The van der Waals surface area contributed by atoms with E-state index in [4.69, 9.17) is 4.74 Å².